The molecule has 0 saturated heterocycles. The molecular formula is C34H38N6O11. The molecule has 0 aliphatic rings. The van der Waals surface area contributed by atoms with Crippen molar-refractivity contribution in [2.24, 2.45) is 0 Å². The van der Waals surface area contributed by atoms with Gasteiger partial charge in [0.15, 0.2) is 0 Å². The second-order valence-corrected chi connectivity index (χ2v) is 11.8. The van der Waals surface area contributed by atoms with Crippen LogP contribution in [0.4, 0.5) is 21.0 Å². The molecule has 3 aromatic carbocycles. The van der Waals surface area contributed by atoms with E-state index in [-0.39, 0.29) is 24.5 Å². The predicted molar refractivity (Wildman–Crippen MR) is 181 cm³/mol. The monoisotopic (exact) mass is 706 g/mol. The van der Waals surface area contributed by atoms with Gasteiger partial charge in [0.1, 0.15) is 30.5 Å². The van der Waals surface area contributed by atoms with Crippen LogP contribution in [0, 0.1) is 10.1 Å². The van der Waals surface area contributed by atoms with Crippen molar-refractivity contribution in [1.82, 2.24) is 21.3 Å². The number of amides is 5. The van der Waals surface area contributed by atoms with Gasteiger partial charge in [-0.25, -0.2) is 9.59 Å². The van der Waals surface area contributed by atoms with Gasteiger partial charge in [-0.15, -0.1) is 0 Å². The number of carbonyl (C=O) groups excluding carboxylic acids is 6. The highest BCUT2D eigenvalue weighted by atomic mass is 16.7. The zero-order valence-electron chi connectivity index (χ0n) is 28.1. The fourth-order valence-electron chi connectivity index (χ4n) is 4.10. The summed E-state index contributed by atoms with van der Waals surface area (Å²) in [5, 5.41) is 23.0. The number of hydrogen-bond donors (Lipinski definition) is 5. The molecule has 17 heteroatoms. The number of ether oxygens (including phenoxy) is 3. The van der Waals surface area contributed by atoms with Crippen molar-refractivity contribution in [3.8, 4) is 5.75 Å². The molecule has 0 fully saturated rings. The third kappa shape index (κ3) is 15.1. The number of anilines is 1. The number of nitrogens with one attached hydrogen (secondary N) is 5. The summed E-state index contributed by atoms with van der Waals surface area (Å²) in [7, 11) is 0. The number of rotatable bonds is 15. The van der Waals surface area contributed by atoms with E-state index in [1.807, 2.05) is 0 Å². The Morgan fingerprint density at radius 2 is 1.37 bits per heavy atom. The lowest BCUT2D eigenvalue weighted by atomic mass is 10.1. The molecule has 51 heavy (non-hydrogen) atoms. The van der Waals surface area contributed by atoms with Crippen LogP contribution in [-0.4, -0.2) is 72.1 Å². The van der Waals surface area contributed by atoms with Gasteiger partial charge in [0.25, 0.3) is 5.69 Å². The first kappa shape index (κ1) is 38.9. The van der Waals surface area contributed by atoms with Gasteiger partial charge >= 0.3 is 12.2 Å². The molecule has 1 atom stereocenters. The lowest BCUT2D eigenvalue weighted by Gasteiger charge is -2.20. The fourth-order valence-corrected chi connectivity index (χ4v) is 4.10. The average Bonchev–Trinajstić information content (AvgIpc) is 3.08. The van der Waals surface area contributed by atoms with Gasteiger partial charge in [0.05, 0.1) is 18.0 Å². The van der Waals surface area contributed by atoms with Crippen LogP contribution in [0.15, 0.2) is 78.9 Å². The standard InChI is InChI=1S/C34H38N6O11/c1-34(2,3)51-32(45)37-18-28(41)35-19-30(43)39-27(17-22-7-5-4-6-8-22)31(44)36-20-29(42)38-24-11-9-23(10-12-24)21-49-33(46)50-26-15-13-25(14-16-26)40(47)48/h4-16,27H,17-21H2,1-3H3,(H,35,41)(H,36,44)(H,37,45)(H,38,42)(H,39,43)/t27-/m0/s1. The molecule has 0 aromatic heterocycles. The van der Waals surface area contributed by atoms with E-state index in [1.165, 1.54) is 24.3 Å². The minimum atomic E-state index is -1.09. The number of nitro groups is 1. The molecule has 5 N–H and O–H groups in total. The van der Waals surface area contributed by atoms with Crippen LogP contribution in [0.5, 0.6) is 5.75 Å². The second-order valence-electron chi connectivity index (χ2n) is 11.8. The molecule has 0 bridgehead atoms. The molecule has 17 nitrogen and oxygen atoms in total. The Labute approximate surface area is 292 Å². The highest BCUT2D eigenvalue weighted by Gasteiger charge is 2.23. The van der Waals surface area contributed by atoms with E-state index in [9.17, 15) is 38.9 Å². The molecule has 0 unspecified atom stereocenters. The van der Waals surface area contributed by atoms with Crippen molar-refractivity contribution in [2.75, 3.05) is 25.0 Å². The summed E-state index contributed by atoms with van der Waals surface area (Å²) in [6.45, 7) is 3.52. The summed E-state index contributed by atoms with van der Waals surface area (Å²) in [6, 6.07) is 18.9. The first-order valence-corrected chi connectivity index (χ1v) is 15.5. The van der Waals surface area contributed by atoms with E-state index in [1.54, 1.807) is 75.4 Å². The summed E-state index contributed by atoms with van der Waals surface area (Å²) in [5.41, 5.74) is 0.779. The Morgan fingerprint density at radius 1 is 0.745 bits per heavy atom. The second kappa shape index (κ2) is 18.9. The molecule has 3 aromatic rings. The quantitative estimate of drug-likeness (QED) is 0.0667. The van der Waals surface area contributed by atoms with Crippen LogP contribution >= 0.6 is 0 Å². The van der Waals surface area contributed by atoms with Crippen molar-refractivity contribution in [3.63, 3.8) is 0 Å². The number of carbonyl (C=O) groups is 6. The number of nitrogens with zero attached hydrogens (tertiary/aromatic N) is 1. The largest absolute Gasteiger partial charge is 0.514 e. The maximum Gasteiger partial charge on any atom is 0.514 e. The molecule has 0 aliphatic carbocycles. The highest BCUT2D eigenvalue weighted by Crippen LogP contribution is 2.18. The average molecular weight is 707 g/mol. The fraction of sp³-hybridized carbons (Fsp3) is 0.294. The van der Waals surface area contributed by atoms with Gasteiger partial charge in [0.2, 0.25) is 23.6 Å². The van der Waals surface area contributed by atoms with Crippen LogP contribution in [0.3, 0.4) is 0 Å². The lowest BCUT2D eigenvalue weighted by Crippen LogP contribution is -2.52. The third-order valence-corrected chi connectivity index (χ3v) is 6.44. The number of hydrogen-bond acceptors (Lipinski definition) is 11. The van der Waals surface area contributed by atoms with Crippen molar-refractivity contribution in [3.05, 3.63) is 100 Å². The third-order valence-electron chi connectivity index (χ3n) is 6.44. The van der Waals surface area contributed by atoms with E-state index in [2.05, 4.69) is 26.6 Å². The zero-order valence-corrected chi connectivity index (χ0v) is 28.1. The van der Waals surface area contributed by atoms with Gasteiger partial charge in [0, 0.05) is 24.2 Å². The zero-order chi connectivity index (χ0) is 37.4. The summed E-state index contributed by atoms with van der Waals surface area (Å²) in [6.07, 6.45) is -1.72. The summed E-state index contributed by atoms with van der Waals surface area (Å²) in [5.74, 6) is -2.47. The molecule has 0 saturated carbocycles. The molecule has 5 amide bonds. The van der Waals surface area contributed by atoms with Gasteiger partial charge in [-0.05, 0) is 56.2 Å². The Hall–Kier alpha value is -6.52. The van der Waals surface area contributed by atoms with Crippen LogP contribution in [0.25, 0.3) is 0 Å². The van der Waals surface area contributed by atoms with Crippen molar-refractivity contribution >= 4 is 47.3 Å². The van der Waals surface area contributed by atoms with Crippen LogP contribution in [-0.2, 0) is 41.7 Å². The van der Waals surface area contributed by atoms with E-state index in [0.29, 0.717) is 11.3 Å². The normalized spacial score (nSPS) is 11.2. The molecule has 0 spiro atoms. The Morgan fingerprint density at radius 3 is 2.00 bits per heavy atom. The first-order chi connectivity index (χ1) is 24.2. The molecule has 0 radical (unpaired) electrons. The maximum atomic E-state index is 13.1. The minimum absolute atomic E-state index is 0.0690. The van der Waals surface area contributed by atoms with Crippen LogP contribution in [0.2, 0.25) is 0 Å². The smallest absolute Gasteiger partial charge is 0.444 e. The molecule has 0 aliphatic heterocycles. The van der Waals surface area contributed by atoms with Gasteiger partial charge in [-0.2, -0.15) is 0 Å². The van der Waals surface area contributed by atoms with Crippen LogP contribution in [0.1, 0.15) is 31.9 Å². The first-order valence-electron chi connectivity index (χ1n) is 15.5. The predicted octanol–water partition coefficient (Wildman–Crippen LogP) is 2.73. The van der Waals surface area contributed by atoms with Crippen LogP contribution < -0.4 is 31.3 Å². The van der Waals surface area contributed by atoms with Crippen molar-refractivity contribution in [2.45, 2.75) is 45.4 Å². The highest BCUT2D eigenvalue weighted by molar-refractivity contribution is 5.96. The Balaban J connectivity index is 1.45. The number of non-ortho nitro benzene ring substituents is 1. The molecule has 270 valence electrons. The summed E-state index contributed by atoms with van der Waals surface area (Å²) < 4.78 is 15.1. The summed E-state index contributed by atoms with van der Waals surface area (Å²) >= 11 is 0. The molecule has 3 rings (SSSR count). The van der Waals surface area contributed by atoms with E-state index < -0.39 is 72.1 Å². The lowest BCUT2D eigenvalue weighted by molar-refractivity contribution is -0.384. The Kier molecular flexibility index (Phi) is 14.4. The van der Waals surface area contributed by atoms with E-state index in [0.717, 1.165) is 5.56 Å². The van der Waals surface area contributed by atoms with Gasteiger partial charge < -0.3 is 40.8 Å². The topological polar surface area (TPSA) is 233 Å². The van der Waals surface area contributed by atoms with Gasteiger partial charge in [-0.1, -0.05) is 42.5 Å². The molecular weight excluding hydrogens is 668 g/mol. The Bertz CT molecular complexity index is 1690. The van der Waals surface area contributed by atoms with E-state index in [4.69, 9.17) is 14.2 Å². The molecule has 0 heterocycles. The van der Waals surface area contributed by atoms with E-state index >= 15 is 0 Å². The van der Waals surface area contributed by atoms with Crippen molar-refractivity contribution < 1.29 is 47.9 Å². The SMILES string of the molecule is CC(C)(C)OC(=O)NCC(=O)NCC(=O)N[C@@H](Cc1ccccc1)C(=O)NCC(=O)Nc1ccc(COC(=O)Oc2ccc([N+](=O)[O-])cc2)cc1. The van der Waals surface area contributed by atoms with Crippen molar-refractivity contribution in [1.29, 1.82) is 0 Å². The summed E-state index contributed by atoms with van der Waals surface area (Å²) in [4.78, 5) is 84.2. The number of alkyl carbamates (subject to hydrolysis) is 1. The number of nitro benzene ring substituents is 1. The minimum Gasteiger partial charge on any atom is -0.444 e. The number of benzene rings is 3. The maximum absolute atomic E-state index is 13.1. The van der Waals surface area contributed by atoms with Gasteiger partial charge in [-0.3, -0.25) is 29.3 Å².